The van der Waals surface area contributed by atoms with Gasteiger partial charge in [-0.3, -0.25) is 9.78 Å². The van der Waals surface area contributed by atoms with Crippen LogP contribution >= 0.6 is 15.9 Å². The molecule has 2 aromatic carbocycles. The summed E-state index contributed by atoms with van der Waals surface area (Å²) in [7, 11) is 0. The van der Waals surface area contributed by atoms with Gasteiger partial charge in [0.05, 0.1) is 21.9 Å². The van der Waals surface area contributed by atoms with Gasteiger partial charge in [0.1, 0.15) is 17.4 Å². The minimum atomic E-state index is -4.72. The van der Waals surface area contributed by atoms with Gasteiger partial charge in [0, 0.05) is 11.1 Å². The minimum Gasteiger partial charge on any atom is -0.506 e. The Balaban J connectivity index is 1.99. The molecule has 0 fully saturated rings. The van der Waals surface area contributed by atoms with Crippen molar-refractivity contribution < 1.29 is 18.3 Å². The highest BCUT2D eigenvalue weighted by atomic mass is 79.9. The summed E-state index contributed by atoms with van der Waals surface area (Å²) in [4.78, 5) is 18.6. The molecule has 30 heavy (non-hydrogen) atoms. The van der Waals surface area contributed by atoms with E-state index < -0.39 is 28.6 Å². The van der Waals surface area contributed by atoms with Crippen molar-refractivity contribution in [2.24, 2.45) is 5.10 Å². The molecular formula is C19H11BrF3N5O2. The highest BCUT2D eigenvalue weighted by Gasteiger charge is 2.34. The maximum absolute atomic E-state index is 13.2. The Morgan fingerprint density at radius 3 is 2.57 bits per heavy atom. The van der Waals surface area contributed by atoms with Crippen LogP contribution in [0.15, 0.2) is 56.8 Å². The van der Waals surface area contributed by atoms with Crippen molar-refractivity contribution in [1.29, 1.82) is 5.26 Å². The summed E-state index contributed by atoms with van der Waals surface area (Å²) in [5.41, 5.74) is 0.256. The first-order chi connectivity index (χ1) is 14.2. The molecule has 1 heterocycles. The molecule has 0 saturated carbocycles. The number of nitrogens with one attached hydrogen (secondary N) is 2. The Bertz CT molecular complexity index is 1220. The van der Waals surface area contributed by atoms with E-state index in [1.165, 1.54) is 0 Å². The molecule has 1 aromatic heterocycles. The monoisotopic (exact) mass is 477 g/mol. The van der Waals surface area contributed by atoms with Gasteiger partial charge in [0.2, 0.25) is 5.95 Å². The van der Waals surface area contributed by atoms with Crippen molar-refractivity contribution in [1.82, 2.24) is 9.97 Å². The van der Waals surface area contributed by atoms with E-state index in [-0.39, 0.29) is 21.7 Å². The predicted molar refractivity (Wildman–Crippen MR) is 107 cm³/mol. The maximum Gasteiger partial charge on any atom is 0.417 e. The quantitative estimate of drug-likeness (QED) is 0.384. The summed E-state index contributed by atoms with van der Waals surface area (Å²) in [5.74, 6) is -0.848. The first kappa shape index (κ1) is 21.1. The number of aromatic hydroxyl groups is 1. The predicted octanol–water partition coefficient (Wildman–Crippen LogP) is 4.24. The van der Waals surface area contributed by atoms with Gasteiger partial charge < -0.3 is 5.11 Å². The molecule has 7 nitrogen and oxygen atoms in total. The van der Waals surface area contributed by atoms with Crippen LogP contribution in [0, 0.1) is 11.3 Å². The fourth-order valence-corrected chi connectivity index (χ4v) is 2.90. The number of aromatic amines is 1. The van der Waals surface area contributed by atoms with Crippen LogP contribution in [0.1, 0.15) is 16.7 Å². The molecule has 0 amide bonds. The van der Waals surface area contributed by atoms with Crippen LogP contribution in [-0.2, 0) is 6.18 Å². The molecule has 0 bridgehead atoms. The molecule has 11 heteroatoms. The van der Waals surface area contributed by atoms with Gasteiger partial charge in [-0.15, -0.1) is 0 Å². The number of anilines is 1. The van der Waals surface area contributed by atoms with Gasteiger partial charge in [-0.1, -0.05) is 30.3 Å². The third-order valence-electron chi connectivity index (χ3n) is 3.92. The Labute approximate surface area is 175 Å². The lowest BCUT2D eigenvalue weighted by Gasteiger charge is -2.12. The van der Waals surface area contributed by atoms with Gasteiger partial charge in [0.15, 0.2) is 0 Å². The topological polar surface area (TPSA) is 114 Å². The summed E-state index contributed by atoms with van der Waals surface area (Å²) >= 11 is 2.95. The largest absolute Gasteiger partial charge is 0.506 e. The average Bonchev–Trinajstić information content (AvgIpc) is 2.70. The lowest BCUT2D eigenvalue weighted by molar-refractivity contribution is -0.137. The number of hydrazone groups is 1. The summed E-state index contributed by atoms with van der Waals surface area (Å²) in [6.45, 7) is 0. The lowest BCUT2D eigenvalue weighted by Crippen LogP contribution is -2.16. The smallest absolute Gasteiger partial charge is 0.417 e. The molecule has 152 valence electrons. The number of rotatable bonds is 4. The SMILES string of the molecule is N#Cc1c(-c2ccccc2)nc(NN=Cc2c(C(F)(F)F)ccc(Br)c2O)[nH]c1=O. The number of H-pyrrole nitrogens is 1. The standard InChI is InChI=1S/C19H11BrF3N5O2/c20-14-7-6-13(19(21,22)23)12(16(14)29)9-25-28-18-26-15(10-4-2-1-3-5-10)11(8-24)17(30)27-18/h1-7,9,29H,(H2,26,27,28,30). The number of hydrogen-bond acceptors (Lipinski definition) is 6. The summed E-state index contributed by atoms with van der Waals surface area (Å²) in [6.07, 6.45) is -3.97. The van der Waals surface area contributed by atoms with Crippen molar-refractivity contribution >= 4 is 28.1 Å². The fourth-order valence-electron chi connectivity index (χ4n) is 2.55. The molecule has 0 aliphatic heterocycles. The minimum absolute atomic E-state index is 0.0493. The fraction of sp³-hybridized carbons (Fsp3) is 0.0526. The number of phenols is 1. The zero-order valence-electron chi connectivity index (χ0n) is 14.8. The normalized spacial score (nSPS) is 11.4. The Hall–Kier alpha value is -3.65. The second kappa shape index (κ2) is 8.38. The van der Waals surface area contributed by atoms with Gasteiger partial charge in [-0.2, -0.15) is 23.5 Å². The van der Waals surface area contributed by atoms with Crippen LogP contribution < -0.4 is 11.0 Å². The number of halogens is 4. The van der Waals surface area contributed by atoms with E-state index in [1.807, 2.05) is 0 Å². The second-order valence-corrected chi connectivity index (χ2v) is 6.70. The van der Waals surface area contributed by atoms with Crippen molar-refractivity contribution in [3.8, 4) is 23.1 Å². The van der Waals surface area contributed by atoms with Gasteiger partial charge in [-0.05, 0) is 28.1 Å². The van der Waals surface area contributed by atoms with Crippen LogP contribution in [0.25, 0.3) is 11.3 Å². The Morgan fingerprint density at radius 1 is 1.23 bits per heavy atom. The van der Waals surface area contributed by atoms with E-state index in [2.05, 4.69) is 36.4 Å². The van der Waals surface area contributed by atoms with E-state index in [1.54, 1.807) is 36.4 Å². The highest BCUT2D eigenvalue weighted by Crippen LogP contribution is 2.38. The van der Waals surface area contributed by atoms with Crippen molar-refractivity contribution in [3.63, 3.8) is 0 Å². The van der Waals surface area contributed by atoms with Crippen LogP contribution in [0.3, 0.4) is 0 Å². The zero-order chi connectivity index (χ0) is 21.9. The molecular weight excluding hydrogens is 467 g/mol. The third kappa shape index (κ3) is 4.33. The van der Waals surface area contributed by atoms with E-state index in [9.17, 15) is 28.3 Å². The third-order valence-corrected chi connectivity index (χ3v) is 4.56. The number of aromatic nitrogens is 2. The first-order valence-electron chi connectivity index (χ1n) is 8.20. The summed E-state index contributed by atoms with van der Waals surface area (Å²) in [6, 6.07) is 12.0. The summed E-state index contributed by atoms with van der Waals surface area (Å²) < 4.78 is 39.6. The number of hydrogen-bond donors (Lipinski definition) is 3. The highest BCUT2D eigenvalue weighted by molar-refractivity contribution is 9.10. The van der Waals surface area contributed by atoms with E-state index >= 15 is 0 Å². The Morgan fingerprint density at radius 2 is 1.93 bits per heavy atom. The van der Waals surface area contributed by atoms with E-state index in [4.69, 9.17) is 0 Å². The van der Waals surface area contributed by atoms with Crippen LogP contribution in [0.4, 0.5) is 19.1 Å². The van der Waals surface area contributed by atoms with Crippen LogP contribution in [-0.4, -0.2) is 21.3 Å². The lowest BCUT2D eigenvalue weighted by atomic mass is 10.1. The number of alkyl halides is 3. The molecule has 0 spiro atoms. The van der Waals surface area contributed by atoms with Gasteiger partial charge >= 0.3 is 6.18 Å². The molecule has 3 rings (SSSR count). The van der Waals surface area contributed by atoms with Crippen molar-refractivity contribution in [2.75, 3.05) is 5.43 Å². The van der Waals surface area contributed by atoms with Gasteiger partial charge in [-0.25, -0.2) is 10.4 Å². The first-order valence-corrected chi connectivity index (χ1v) is 8.99. The average molecular weight is 478 g/mol. The zero-order valence-corrected chi connectivity index (χ0v) is 16.4. The number of benzene rings is 2. The van der Waals surface area contributed by atoms with Crippen LogP contribution in [0.2, 0.25) is 0 Å². The van der Waals surface area contributed by atoms with Crippen LogP contribution in [0.5, 0.6) is 5.75 Å². The molecule has 0 aliphatic rings. The Kier molecular flexibility index (Phi) is 5.89. The van der Waals surface area contributed by atoms with E-state index in [0.717, 1.165) is 18.3 Å². The number of nitriles is 1. The van der Waals surface area contributed by atoms with Gasteiger partial charge in [0.25, 0.3) is 5.56 Å². The number of phenolic OH excluding ortho intramolecular Hbond substituents is 1. The maximum atomic E-state index is 13.2. The molecule has 0 aliphatic carbocycles. The molecule has 0 atom stereocenters. The molecule has 0 radical (unpaired) electrons. The molecule has 3 aromatic rings. The molecule has 3 N–H and O–H groups in total. The van der Waals surface area contributed by atoms with Crippen molar-refractivity contribution in [3.05, 3.63) is 74.0 Å². The molecule has 0 saturated heterocycles. The number of nitrogens with zero attached hydrogens (tertiary/aromatic N) is 3. The van der Waals surface area contributed by atoms with Crippen molar-refractivity contribution in [2.45, 2.75) is 6.18 Å². The molecule has 0 unspecified atom stereocenters. The summed E-state index contributed by atoms with van der Waals surface area (Å²) in [5, 5.41) is 22.9. The second-order valence-electron chi connectivity index (χ2n) is 5.84. The van der Waals surface area contributed by atoms with E-state index in [0.29, 0.717) is 5.56 Å².